The molecular formula is C30H22FN3O2S. The fourth-order valence-electron chi connectivity index (χ4n) is 4.76. The molecule has 0 spiro atoms. The van der Waals surface area contributed by atoms with E-state index in [2.05, 4.69) is 5.32 Å². The zero-order valence-corrected chi connectivity index (χ0v) is 20.8. The van der Waals surface area contributed by atoms with Crippen molar-refractivity contribution in [3.8, 4) is 11.3 Å². The summed E-state index contributed by atoms with van der Waals surface area (Å²) in [6.45, 7) is 2.47. The molecule has 4 aromatic carbocycles. The zero-order chi connectivity index (χ0) is 25.5. The Hall–Kier alpha value is -4.36. The number of amides is 2. The van der Waals surface area contributed by atoms with E-state index in [-0.39, 0.29) is 17.4 Å². The Kier molecular flexibility index (Phi) is 5.77. The smallest absolute Gasteiger partial charge is 0.261 e. The van der Waals surface area contributed by atoms with Crippen LogP contribution in [0.4, 0.5) is 15.2 Å². The lowest BCUT2D eigenvalue weighted by atomic mass is 10.1. The molecule has 0 fully saturated rings. The van der Waals surface area contributed by atoms with Gasteiger partial charge in [-0.05, 0) is 66.1 Å². The van der Waals surface area contributed by atoms with Gasteiger partial charge in [0.15, 0.2) is 5.13 Å². The number of nitrogens with zero attached hydrogens (tertiary/aromatic N) is 2. The van der Waals surface area contributed by atoms with Crippen LogP contribution in [0.25, 0.3) is 22.0 Å². The predicted molar refractivity (Wildman–Crippen MR) is 146 cm³/mol. The maximum Gasteiger partial charge on any atom is 0.261 e. The molecule has 0 saturated carbocycles. The van der Waals surface area contributed by atoms with Crippen molar-refractivity contribution in [2.45, 2.75) is 13.3 Å². The third kappa shape index (κ3) is 4.27. The molecule has 7 heteroatoms. The van der Waals surface area contributed by atoms with Crippen molar-refractivity contribution < 1.29 is 14.0 Å². The largest absolute Gasteiger partial charge is 0.308 e. The van der Waals surface area contributed by atoms with Crippen molar-refractivity contribution in [1.29, 1.82) is 0 Å². The molecule has 1 aliphatic rings. The summed E-state index contributed by atoms with van der Waals surface area (Å²) < 4.78 is 14.2. The standard InChI is InChI=1S/C30H22FN3O2S/c1-18-27(32-30(37-18)33-28(35)23-11-10-19-6-2-3-7-20(19)16-23)22-12-13-26-21(17-22)14-15-34(26)29(36)24-8-4-5-9-25(24)31/h2-13,16-17H,14-15H2,1H3,(H,32,33,35). The van der Waals surface area contributed by atoms with Gasteiger partial charge in [0.05, 0.1) is 11.3 Å². The molecule has 2 heterocycles. The van der Waals surface area contributed by atoms with Crippen LogP contribution in [0.15, 0.2) is 84.9 Å². The van der Waals surface area contributed by atoms with Gasteiger partial charge in [0.2, 0.25) is 0 Å². The highest BCUT2D eigenvalue weighted by Gasteiger charge is 2.28. The minimum atomic E-state index is -0.520. The number of nitrogens with one attached hydrogen (secondary N) is 1. The molecule has 0 saturated heterocycles. The molecule has 2 amide bonds. The normalized spacial score (nSPS) is 12.5. The Morgan fingerprint density at radius 1 is 0.946 bits per heavy atom. The van der Waals surface area contributed by atoms with E-state index in [1.807, 2.05) is 67.6 Å². The van der Waals surface area contributed by atoms with E-state index in [9.17, 15) is 14.0 Å². The van der Waals surface area contributed by atoms with Crippen LogP contribution in [0.1, 0.15) is 31.2 Å². The van der Waals surface area contributed by atoms with Gasteiger partial charge in [0, 0.05) is 28.2 Å². The summed E-state index contributed by atoms with van der Waals surface area (Å²) in [5.41, 5.74) is 4.15. The molecule has 1 aromatic heterocycles. The molecule has 1 aliphatic heterocycles. The zero-order valence-electron chi connectivity index (χ0n) is 20.0. The van der Waals surface area contributed by atoms with Crippen LogP contribution in [0, 0.1) is 12.7 Å². The predicted octanol–water partition coefficient (Wildman–Crippen LogP) is 6.87. The average Bonchev–Trinajstić information content (AvgIpc) is 3.50. The Balaban J connectivity index is 1.23. The molecule has 1 N–H and O–H groups in total. The summed E-state index contributed by atoms with van der Waals surface area (Å²) >= 11 is 1.42. The van der Waals surface area contributed by atoms with E-state index in [0.29, 0.717) is 23.7 Å². The number of carbonyl (C=O) groups excluding carboxylic acids is 2. The third-order valence-electron chi connectivity index (χ3n) is 6.63. The Bertz CT molecular complexity index is 1690. The first-order chi connectivity index (χ1) is 18.0. The number of hydrogen-bond acceptors (Lipinski definition) is 4. The number of anilines is 2. The topological polar surface area (TPSA) is 62.3 Å². The molecule has 5 aromatic rings. The lowest BCUT2D eigenvalue weighted by Gasteiger charge is -2.18. The van der Waals surface area contributed by atoms with E-state index in [4.69, 9.17) is 4.98 Å². The number of benzene rings is 4. The summed E-state index contributed by atoms with van der Waals surface area (Å²) in [4.78, 5) is 33.2. The molecule has 6 rings (SSSR count). The van der Waals surface area contributed by atoms with Crippen LogP contribution in [0.5, 0.6) is 0 Å². The van der Waals surface area contributed by atoms with Crippen LogP contribution >= 0.6 is 11.3 Å². The lowest BCUT2D eigenvalue weighted by Crippen LogP contribution is -2.29. The van der Waals surface area contributed by atoms with Gasteiger partial charge in [0.1, 0.15) is 5.82 Å². The first kappa shape index (κ1) is 23.1. The fraction of sp³-hybridized carbons (Fsp3) is 0.100. The Morgan fingerprint density at radius 2 is 1.73 bits per heavy atom. The first-order valence-electron chi connectivity index (χ1n) is 12.0. The second-order valence-electron chi connectivity index (χ2n) is 8.97. The van der Waals surface area contributed by atoms with Crippen LogP contribution in [-0.2, 0) is 6.42 Å². The summed E-state index contributed by atoms with van der Waals surface area (Å²) in [6.07, 6.45) is 0.679. The minimum Gasteiger partial charge on any atom is -0.308 e. The Morgan fingerprint density at radius 3 is 2.57 bits per heavy atom. The van der Waals surface area contributed by atoms with E-state index in [1.165, 1.54) is 23.5 Å². The third-order valence-corrected chi connectivity index (χ3v) is 7.51. The van der Waals surface area contributed by atoms with Gasteiger partial charge in [-0.3, -0.25) is 14.9 Å². The lowest BCUT2D eigenvalue weighted by molar-refractivity contribution is 0.0984. The van der Waals surface area contributed by atoms with Crippen molar-refractivity contribution in [3.63, 3.8) is 0 Å². The number of aryl methyl sites for hydroxylation is 1. The fourth-order valence-corrected chi connectivity index (χ4v) is 5.59. The van der Waals surface area contributed by atoms with Gasteiger partial charge in [-0.15, -0.1) is 11.3 Å². The van der Waals surface area contributed by atoms with Crippen LogP contribution in [-0.4, -0.2) is 23.3 Å². The number of hydrogen-bond donors (Lipinski definition) is 1. The molecule has 0 unspecified atom stereocenters. The van der Waals surface area contributed by atoms with E-state index >= 15 is 0 Å². The van der Waals surface area contributed by atoms with Crippen molar-refractivity contribution in [3.05, 3.63) is 112 Å². The number of fused-ring (bicyclic) bond motifs is 2. The van der Waals surface area contributed by atoms with E-state index in [1.54, 1.807) is 17.0 Å². The quantitative estimate of drug-likeness (QED) is 0.289. The number of carbonyl (C=O) groups is 2. The van der Waals surface area contributed by atoms with Gasteiger partial charge in [-0.1, -0.05) is 48.5 Å². The number of rotatable bonds is 4. The first-order valence-corrected chi connectivity index (χ1v) is 12.8. The van der Waals surface area contributed by atoms with E-state index in [0.717, 1.165) is 38.2 Å². The average molecular weight is 508 g/mol. The molecule has 0 aliphatic carbocycles. The van der Waals surface area contributed by atoms with Gasteiger partial charge < -0.3 is 4.90 Å². The highest BCUT2D eigenvalue weighted by molar-refractivity contribution is 7.16. The number of thiazole rings is 1. The summed E-state index contributed by atoms with van der Waals surface area (Å²) in [7, 11) is 0. The van der Waals surface area contributed by atoms with Gasteiger partial charge >= 0.3 is 0 Å². The molecule has 37 heavy (non-hydrogen) atoms. The van der Waals surface area contributed by atoms with Crippen LogP contribution < -0.4 is 10.2 Å². The maximum atomic E-state index is 14.2. The number of aromatic nitrogens is 1. The molecular weight excluding hydrogens is 485 g/mol. The van der Waals surface area contributed by atoms with Crippen molar-refractivity contribution in [2.24, 2.45) is 0 Å². The summed E-state index contributed by atoms with van der Waals surface area (Å²) in [5, 5.41) is 5.55. The molecule has 5 nitrogen and oxygen atoms in total. The Labute approximate surface area is 217 Å². The second-order valence-corrected chi connectivity index (χ2v) is 10.2. The number of halogens is 1. The summed E-state index contributed by atoms with van der Waals surface area (Å²) in [6, 6.07) is 25.4. The van der Waals surface area contributed by atoms with E-state index < -0.39 is 5.82 Å². The van der Waals surface area contributed by atoms with Crippen LogP contribution in [0.2, 0.25) is 0 Å². The summed E-state index contributed by atoms with van der Waals surface area (Å²) in [5.74, 6) is -1.07. The van der Waals surface area contributed by atoms with Crippen molar-refractivity contribution in [1.82, 2.24) is 4.98 Å². The molecule has 0 bridgehead atoms. The molecule has 0 atom stereocenters. The maximum absolute atomic E-state index is 14.2. The van der Waals surface area contributed by atoms with Gasteiger partial charge in [-0.2, -0.15) is 0 Å². The second kappa shape index (κ2) is 9.26. The van der Waals surface area contributed by atoms with Crippen molar-refractivity contribution >= 4 is 44.7 Å². The highest BCUT2D eigenvalue weighted by atomic mass is 32.1. The molecule has 182 valence electrons. The van der Waals surface area contributed by atoms with Gasteiger partial charge in [-0.25, -0.2) is 9.37 Å². The van der Waals surface area contributed by atoms with Crippen molar-refractivity contribution in [2.75, 3.05) is 16.8 Å². The monoisotopic (exact) mass is 507 g/mol. The molecule has 0 radical (unpaired) electrons. The highest BCUT2D eigenvalue weighted by Crippen LogP contribution is 2.36. The van der Waals surface area contributed by atoms with Crippen LogP contribution in [0.3, 0.4) is 0 Å². The SMILES string of the molecule is Cc1sc(NC(=O)c2ccc3ccccc3c2)nc1-c1ccc2c(c1)CCN2C(=O)c1ccccc1F. The van der Waals surface area contributed by atoms with Gasteiger partial charge in [0.25, 0.3) is 11.8 Å². The minimum absolute atomic E-state index is 0.0709.